The van der Waals surface area contributed by atoms with Crippen LogP contribution in [-0.2, 0) is 10.0 Å². The molecule has 0 fully saturated rings. The Morgan fingerprint density at radius 1 is 1.35 bits per heavy atom. The van der Waals surface area contributed by atoms with E-state index in [9.17, 15) is 8.42 Å². The first-order valence-electron chi connectivity index (χ1n) is 6.65. The molecule has 114 valence electrons. The minimum absolute atomic E-state index is 0.00638. The summed E-state index contributed by atoms with van der Waals surface area (Å²) in [7, 11) is -1.95. The molecule has 0 aliphatic heterocycles. The molecule has 6 heteroatoms. The number of sulfonamides is 1. The first-order valence-corrected chi connectivity index (χ1v) is 8.46. The lowest BCUT2D eigenvalue weighted by Crippen LogP contribution is -2.34. The third-order valence-electron chi connectivity index (χ3n) is 3.54. The Balaban J connectivity index is 2.91. The van der Waals surface area contributed by atoms with Gasteiger partial charge in [0.2, 0.25) is 10.0 Å². The summed E-state index contributed by atoms with van der Waals surface area (Å²) >= 11 is 5.99. The normalized spacial score (nSPS) is 14.0. The smallest absolute Gasteiger partial charge is 0.243 e. The zero-order valence-corrected chi connectivity index (χ0v) is 14.0. The number of rotatable bonds is 6. The van der Waals surface area contributed by atoms with Crippen molar-refractivity contribution in [3.8, 4) is 0 Å². The molecule has 1 unspecified atom stereocenters. The molecule has 0 bridgehead atoms. The van der Waals surface area contributed by atoms with Crippen molar-refractivity contribution in [3.63, 3.8) is 0 Å². The largest absolute Gasteiger partial charge is 0.327 e. The molecule has 1 aromatic carbocycles. The van der Waals surface area contributed by atoms with Crippen molar-refractivity contribution in [2.45, 2.75) is 38.1 Å². The highest BCUT2D eigenvalue weighted by Crippen LogP contribution is 2.25. The third-order valence-corrected chi connectivity index (χ3v) is 5.95. The predicted octanol–water partition coefficient (Wildman–Crippen LogP) is 2.64. The molecule has 0 heterocycles. The quantitative estimate of drug-likeness (QED) is 0.877. The fourth-order valence-electron chi connectivity index (χ4n) is 1.82. The Morgan fingerprint density at radius 3 is 2.50 bits per heavy atom. The zero-order chi connectivity index (χ0) is 15.5. The highest BCUT2D eigenvalue weighted by molar-refractivity contribution is 7.89. The van der Waals surface area contributed by atoms with Crippen LogP contribution < -0.4 is 5.73 Å². The third kappa shape index (κ3) is 3.95. The molecule has 1 atom stereocenters. The van der Waals surface area contributed by atoms with Crippen LogP contribution in [-0.4, -0.2) is 32.4 Å². The Kier molecular flexibility index (Phi) is 6.01. The van der Waals surface area contributed by atoms with Gasteiger partial charge in [0.1, 0.15) is 0 Å². The number of benzene rings is 1. The van der Waals surface area contributed by atoms with Gasteiger partial charge in [0, 0.05) is 24.7 Å². The summed E-state index contributed by atoms with van der Waals surface area (Å²) in [6, 6.07) is 4.91. The van der Waals surface area contributed by atoms with Crippen LogP contribution in [0.5, 0.6) is 0 Å². The molecule has 0 aliphatic carbocycles. The van der Waals surface area contributed by atoms with E-state index >= 15 is 0 Å². The molecule has 1 aromatic rings. The van der Waals surface area contributed by atoms with Gasteiger partial charge < -0.3 is 5.73 Å². The number of hydrogen-bond acceptors (Lipinski definition) is 3. The van der Waals surface area contributed by atoms with Crippen LogP contribution >= 0.6 is 11.6 Å². The van der Waals surface area contributed by atoms with Crippen molar-refractivity contribution < 1.29 is 8.42 Å². The van der Waals surface area contributed by atoms with Gasteiger partial charge in [-0.3, -0.25) is 0 Å². The van der Waals surface area contributed by atoms with Crippen molar-refractivity contribution in [1.82, 2.24) is 4.31 Å². The first kappa shape index (κ1) is 17.4. The Morgan fingerprint density at radius 2 is 1.95 bits per heavy atom. The second-order valence-corrected chi connectivity index (χ2v) is 7.81. The minimum atomic E-state index is -3.52. The molecule has 1 rings (SSSR count). The summed E-state index contributed by atoms with van der Waals surface area (Å²) < 4.78 is 26.4. The lowest BCUT2D eigenvalue weighted by molar-refractivity contribution is 0.397. The van der Waals surface area contributed by atoms with Gasteiger partial charge >= 0.3 is 0 Å². The fourth-order valence-corrected chi connectivity index (χ4v) is 3.48. The van der Waals surface area contributed by atoms with Crippen LogP contribution in [0, 0.1) is 12.8 Å². The summed E-state index contributed by atoms with van der Waals surface area (Å²) in [4.78, 5) is 0.255. The molecule has 0 radical (unpaired) electrons. The average Bonchev–Trinajstić information content (AvgIpc) is 2.38. The predicted molar refractivity (Wildman–Crippen MR) is 83.4 cm³/mol. The number of nitrogens with zero attached hydrogens (tertiary/aromatic N) is 1. The molecule has 0 amide bonds. The van der Waals surface area contributed by atoms with Crippen molar-refractivity contribution in [1.29, 1.82) is 0 Å². The average molecular weight is 319 g/mol. The summed E-state index contributed by atoms with van der Waals surface area (Å²) in [5, 5.41) is 0.457. The SMILES string of the molecule is Cc1c(Cl)cccc1S(=O)(=O)N(C)CCC(N)C(C)C. The summed E-state index contributed by atoms with van der Waals surface area (Å²) in [6.07, 6.45) is 0.632. The molecule has 20 heavy (non-hydrogen) atoms. The molecule has 4 nitrogen and oxygen atoms in total. The molecule has 0 spiro atoms. The van der Waals surface area contributed by atoms with Crippen molar-refractivity contribution in [2.24, 2.45) is 11.7 Å². The summed E-state index contributed by atoms with van der Waals surface area (Å²) in [6.45, 7) is 6.16. The van der Waals surface area contributed by atoms with Gasteiger partial charge in [0.15, 0.2) is 0 Å². The second kappa shape index (κ2) is 6.89. The van der Waals surface area contributed by atoms with E-state index in [-0.39, 0.29) is 10.9 Å². The van der Waals surface area contributed by atoms with Gasteiger partial charge in [-0.05, 0) is 37.0 Å². The van der Waals surface area contributed by atoms with Gasteiger partial charge in [-0.1, -0.05) is 31.5 Å². The minimum Gasteiger partial charge on any atom is -0.327 e. The Labute approximate surface area is 127 Å². The van der Waals surface area contributed by atoms with E-state index in [0.717, 1.165) is 0 Å². The topological polar surface area (TPSA) is 63.4 Å². The maximum atomic E-state index is 12.5. The van der Waals surface area contributed by atoms with Crippen LogP contribution in [0.4, 0.5) is 0 Å². The lowest BCUT2D eigenvalue weighted by Gasteiger charge is -2.22. The van der Waals surface area contributed by atoms with Crippen LogP contribution in [0.1, 0.15) is 25.8 Å². The van der Waals surface area contributed by atoms with E-state index in [2.05, 4.69) is 0 Å². The van der Waals surface area contributed by atoms with E-state index in [0.29, 0.717) is 29.5 Å². The Bertz CT molecular complexity index is 558. The highest BCUT2D eigenvalue weighted by Gasteiger charge is 2.24. The van der Waals surface area contributed by atoms with E-state index in [1.807, 2.05) is 13.8 Å². The zero-order valence-electron chi connectivity index (χ0n) is 12.4. The summed E-state index contributed by atoms with van der Waals surface area (Å²) in [5.41, 5.74) is 6.54. The fraction of sp³-hybridized carbons (Fsp3) is 0.571. The van der Waals surface area contributed by atoms with Crippen LogP contribution in [0.25, 0.3) is 0 Å². The van der Waals surface area contributed by atoms with Crippen LogP contribution in [0.2, 0.25) is 5.02 Å². The van der Waals surface area contributed by atoms with Crippen LogP contribution in [0.3, 0.4) is 0 Å². The maximum absolute atomic E-state index is 12.5. The Hall–Kier alpha value is -0.620. The number of halogens is 1. The van der Waals surface area contributed by atoms with Gasteiger partial charge in [0.25, 0.3) is 0 Å². The van der Waals surface area contributed by atoms with Gasteiger partial charge in [-0.15, -0.1) is 0 Å². The van der Waals surface area contributed by atoms with E-state index in [1.165, 1.54) is 4.31 Å². The highest BCUT2D eigenvalue weighted by atomic mass is 35.5. The van der Waals surface area contributed by atoms with Gasteiger partial charge in [-0.25, -0.2) is 12.7 Å². The standard InChI is InChI=1S/C14H23ClN2O2S/c1-10(2)13(16)8-9-17(4)20(18,19)14-7-5-6-12(15)11(14)3/h5-7,10,13H,8-9,16H2,1-4H3. The van der Waals surface area contributed by atoms with Gasteiger partial charge in [0.05, 0.1) is 4.90 Å². The van der Waals surface area contributed by atoms with E-state index in [4.69, 9.17) is 17.3 Å². The maximum Gasteiger partial charge on any atom is 0.243 e. The van der Waals surface area contributed by atoms with E-state index in [1.54, 1.807) is 32.2 Å². The number of nitrogens with two attached hydrogens (primary N) is 1. The molecule has 0 saturated heterocycles. The first-order chi connectivity index (χ1) is 9.17. The van der Waals surface area contributed by atoms with Crippen molar-refractivity contribution >= 4 is 21.6 Å². The van der Waals surface area contributed by atoms with Crippen molar-refractivity contribution in [3.05, 3.63) is 28.8 Å². The second-order valence-electron chi connectivity index (χ2n) is 5.39. The van der Waals surface area contributed by atoms with Gasteiger partial charge in [-0.2, -0.15) is 0 Å². The van der Waals surface area contributed by atoms with Crippen LogP contribution in [0.15, 0.2) is 23.1 Å². The molecule has 0 aliphatic rings. The molecule has 0 saturated carbocycles. The lowest BCUT2D eigenvalue weighted by atomic mass is 10.0. The van der Waals surface area contributed by atoms with E-state index < -0.39 is 10.0 Å². The monoisotopic (exact) mass is 318 g/mol. The molecule has 2 N–H and O–H groups in total. The summed E-state index contributed by atoms with van der Waals surface area (Å²) in [5.74, 6) is 0.332. The number of hydrogen-bond donors (Lipinski definition) is 1. The molecular weight excluding hydrogens is 296 g/mol. The van der Waals surface area contributed by atoms with Crippen molar-refractivity contribution in [2.75, 3.05) is 13.6 Å². The molecule has 0 aromatic heterocycles. The molecular formula is C14H23ClN2O2S.